The number of nitrogens with zero attached hydrogens (tertiary/aromatic N) is 1. The number of phenols is 1. The molecular weight excluding hydrogens is 570 g/mol. The summed E-state index contributed by atoms with van der Waals surface area (Å²) in [5, 5.41) is 12.2. The molecule has 1 N–H and O–H groups in total. The summed E-state index contributed by atoms with van der Waals surface area (Å²) in [5.41, 5.74) is 2.32. The minimum absolute atomic E-state index is 0.0238. The van der Waals surface area contributed by atoms with E-state index < -0.39 is 23.7 Å². The first-order valence-electron chi connectivity index (χ1n) is 12.5. The van der Waals surface area contributed by atoms with Crippen molar-refractivity contribution in [1.29, 1.82) is 0 Å². The number of allylic oxidation sites excluding steroid dienone is 6. The van der Waals surface area contributed by atoms with Crippen molar-refractivity contribution >= 4 is 50.6 Å². The normalized spacial score (nSPS) is 26.6. The molecule has 1 saturated heterocycles. The highest BCUT2D eigenvalue weighted by atomic mass is 79.9. The lowest BCUT2D eigenvalue weighted by molar-refractivity contribution is -0.140. The van der Waals surface area contributed by atoms with Crippen LogP contribution < -0.4 is 4.74 Å². The fourth-order valence-electron chi connectivity index (χ4n) is 6.35. The van der Waals surface area contributed by atoms with Gasteiger partial charge in [-0.1, -0.05) is 23.8 Å². The number of carbonyl (C=O) groups excluding carboxylic acids is 4. The monoisotopic (exact) mass is 593 g/mol. The minimum Gasteiger partial charge on any atom is -0.504 e. The number of carbonyl (C=O) groups is 4. The van der Waals surface area contributed by atoms with Crippen LogP contribution in [0.1, 0.15) is 36.1 Å². The molecule has 38 heavy (non-hydrogen) atoms. The number of ether oxygens (including phenoxy) is 1. The lowest BCUT2D eigenvalue weighted by atomic mass is 9.59. The predicted molar refractivity (Wildman–Crippen MR) is 144 cm³/mol. The second-order valence-electron chi connectivity index (χ2n) is 9.90. The van der Waals surface area contributed by atoms with Gasteiger partial charge in [0.15, 0.2) is 23.1 Å². The number of Topliss-reactive ketones (excluding diaryl/α,β-unsaturated/α-hetero) is 1. The van der Waals surface area contributed by atoms with E-state index in [1.807, 2.05) is 30.5 Å². The molecule has 1 aromatic heterocycles. The zero-order chi connectivity index (χ0) is 26.7. The number of halogens is 1. The fourth-order valence-corrected chi connectivity index (χ4v) is 7.49. The molecule has 0 saturated carbocycles. The Balaban J connectivity index is 1.46. The van der Waals surface area contributed by atoms with Crippen molar-refractivity contribution in [2.24, 2.45) is 17.8 Å². The van der Waals surface area contributed by atoms with E-state index in [1.165, 1.54) is 28.4 Å². The Morgan fingerprint density at radius 3 is 2.68 bits per heavy atom. The van der Waals surface area contributed by atoms with Gasteiger partial charge in [0.2, 0.25) is 11.8 Å². The van der Waals surface area contributed by atoms with Crippen LogP contribution in [0.15, 0.2) is 69.1 Å². The molecule has 4 aliphatic rings. The van der Waals surface area contributed by atoms with Crippen molar-refractivity contribution in [3.05, 3.63) is 79.5 Å². The molecule has 4 atom stereocenters. The number of imide groups is 1. The Kier molecular flexibility index (Phi) is 6.23. The van der Waals surface area contributed by atoms with Gasteiger partial charge in [0.25, 0.3) is 0 Å². The molecule has 3 aliphatic carbocycles. The third-order valence-electron chi connectivity index (χ3n) is 7.93. The van der Waals surface area contributed by atoms with Crippen LogP contribution >= 0.6 is 27.3 Å². The highest BCUT2D eigenvalue weighted by molar-refractivity contribution is 9.12. The summed E-state index contributed by atoms with van der Waals surface area (Å²) in [7, 11) is 0. The largest absolute Gasteiger partial charge is 0.504 e. The first kappa shape index (κ1) is 25.0. The molecule has 0 bridgehead atoms. The number of ketones is 2. The summed E-state index contributed by atoms with van der Waals surface area (Å²) in [6, 6.07) is 8.73. The molecule has 7 nitrogen and oxygen atoms in total. The van der Waals surface area contributed by atoms with E-state index in [9.17, 15) is 24.3 Å². The third kappa shape index (κ3) is 3.82. The summed E-state index contributed by atoms with van der Waals surface area (Å²) < 4.78 is 5.80. The SMILES string of the molecule is CCOc1cc(C2C3=CCC4C(=O)N(Cc5cccs5)C(=O)C4C3CC3=C2C(=O)C=C(Br)C3=O)ccc1O. The molecule has 1 aromatic carbocycles. The number of hydrogen-bond acceptors (Lipinski definition) is 7. The van der Waals surface area contributed by atoms with Crippen molar-refractivity contribution in [3.8, 4) is 11.5 Å². The Bertz CT molecular complexity index is 1490. The van der Waals surface area contributed by atoms with Gasteiger partial charge in [-0.25, -0.2) is 0 Å². The van der Waals surface area contributed by atoms with E-state index in [0.717, 1.165) is 10.5 Å². The lowest BCUT2D eigenvalue weighted by Gasteiger charge is -2.42. The number of benzene rings is 1. The lowest BCUT2D eigenvalue weighted by Crippen LogP contribution is -2.39. The van der Waals surface area contributed by atoms with E-state index in [2.05, 4.69) is 15.9 Å². The maximum absolute atomic E-state index is 13.8. The molecule has 6 rings (SSSR count). The van der Waals surface area contributed by atoms with Gasteiger partial charge in [-0.3, -0.25) is 24.1 Å². The zero-order valence-corrected chi connectivity index (χ0v) is 22.9. The molecule has 2 heterocycles. The number of phenolic OH excluding ortho intramolecular Hbond substituents is 1. The van der Waals surface area contributed by atoms with Crippen LogP contribution in [0.25, 0.3) is 0 Å². The second-order valence-corrected chi connectivity index (χ2v) is 11.8. The van der Waals surface area contributed by atoms with Gasteiger partial charge in [-0.15, -0.1) is 11.3 Å². The predicted octanol–water partition coefficient (Wildman–Crippen LogP) is 4.81. The van der Waals surface area contributed by atoms with Gasteiger partial charge in [0.05, 0.1) is 29.5 Å². The minimum atomic E-state index is -0.602. The molecule has 1 aliphatic heterocycles. The number of aromatic hydroxyl groups is 1. The summed E-state index contributed by atoms with van der Waals surface area (Å²) in [6.45, 7) is 2.39. The number of rotatable bonds is 5. The molecule has 2 aromatic rings. The first-order chi connectivity index (χ1) is 18.3. The quantitative estimate of drug-likeness (QED) is 0.303. The van der Waals surface area contributed by atoms with Crippen LogP contribution in [-0.4, -0.2) is 40.0 Å². The molecule has 0 radical (unpaired) electrons. The molecule has 9 heteroatoms. The topological polar surface area (TPSA) is 101 Å². The number of hydrogen-bond donors (Lipinski definition) is 1. The van der Waals surface area contributed by atoms with Crippen molar-refractivity contribution in [3.63, 3.8) is 0 Å². The highest BCUT2D eigenvalue weighted by Crippen LogP contribution is 2.55. The Morgan fingerprint density at radius 2 is 1.95 bits per heavy atom. The van der Waals surface area contributed by atoms with Gasteiger partial charge in [0, 0.05) is 28.0 Å². The average molecular weight is 594 g/mol. The number of likely N-dealkylation sites (tertiary alicyclic amines) is 1. The Morgan fingerprint density at radius 1 is 1.13 bits per heavy atom. The van der Waals surface area contributed by atoms with Crippen molar-refractivity contribution in [2.45, 2.75) is 32.2 Å². The van der Waals surface area contributed by atoms with Crippen LogP contribution in [0, 0.1) is 17.8 Å². The van der Waals surface area contributed by atoms with Crippen LogP contribution in [0.4, 0.5) is 0 Å². The Labute approximate surface area is 231 Å². The molecule has 0 spiro atoms. The number of thiophene rings is 1. The van der Waals surface area contributed by atoms with Crippen LogP contribution in [0.2, 0.25) is 0 Å². The van der Waals surface area contributed by atoms with E-state index in [1.54, 1.807) is 12.1 Å². The van der Waals surface area contributed by atoms with Gasteiger partial charge in [-0.05, 0) is 70.8 Å². The third-order valence-corrected chi connectivity index (χ3v) is 9.38. The molecule has 194 valence electrons. The maximum atomic E-state index is 13.8. The fraction of sp³-hybridized carbons (Fsp3) is 0.310. The van der Waals surface area contributed by atoms with E-state index in [-0.39, 0.29) is 52.3 Å². The van der Waals surface area contributed by atoms with Gasteiger partial charge in [-0.2, -0.15) is 0 Å². The van der Waals surface area contributed by atoms with Crippen molar-refractivity contribution in [1.82, 2.24) is 4.90 Å². The Hall–Kier alpha value is -3.30. The summed E-state index contributed by atoms with van der Waals surface area (Å²) in [5.74, 6) is -2.78. The van der Waals surface area contributed by atoms with Crippen LogP contribution in [0.5, 0.6) is 11.5 Å². The average Bonchev–Trinajstić information content (AvgIpc) is 3.50. The molecule has 2 amide bonds. The van der Waals surface area contributed by atoms with E-state index in [0.29, 0.717) is 29.7 Å². The highest BCUT2D eigenvalue weighted by Gasteiger charge is 2.56. The summed E-state index contributed by atoms with van der Waals surface area (Å²) >= 11 is 4.74. The standard InChI is InChI=1S/C29H24BrNO6S/c1-2-37-23-10-14(5-8-21(23)32)24-16-6-7-17-25(29(36)31(28(17)35)13-15-4-3-9-38-15)18(16)11-19-26(24)22(33)12-20(30)27(19)34/h3-6,8-10,12,17-18,24-25,32H,2,7,11,13H2,1H3. The van der Waals surface area contributed by atoms with E-state index >= 15 is 0 Å². The van der Waals surface area contributed by atoms with Crippen molar-refractivity contribution in [2.75, 3.05) is 6.61 Å². The van der Waals surface area contributed by atoms with Crippen LogP contribution in [-0.2, 0) is 25.7 Å². The molecular formula is C29H24BrNO6S. The van der Waals surface area contributed by atoms with Gasteiger partial charge in [0.1, 0.15) is 0 Å². The first-order valence-corrected chi connectivity index (χ1v) is 14.2. The zero-order valence-electron chi connectivity index (χ0n) is 20.5. The maximum Gasteiger partial charge on any atom is 0.234 e. The molecule has 4 unspecified atom stereocenters. The number of fused-ring (bicyclic) bond motifs is 3. The van der Waals surface area contributed by atoms with E-state index in [4.69, 9.17) is 4.74 Å². The molecule has 1 fully saturated rings. The van der Waals surface area contributed by atoms with Crippen LogP contribution in [0.3, 0.4) is 0 Å². The smallest absolute Gasteiger partial charge is 0.234 e. The second kappa shape index (κ2) is 9.47. The van der Waals surface area contributed by atoms with Crippen molar-refractivity contribution < 1.29 is 29.0 Å². The number of amides is 2. The summed E-state index contributed by atoms with van der Waals surface area (Å²) in [6.07, 6.45) is 3.89. The summed E-state index contributed by atoms with van der Waals surface area (Å²) in [4.78, 5) is 56.1. The van der Waals surface area contributed by atoms with Gasteiger partial charge < -0.3 is 9.84 Å². The van der Waals surface area contributed by atoms with Gasteiger partial charge >= 0.3 is 0 Å².